The molecule has 0 radical (unpaired) electrons. The van der Waals surface area contributed by atoms with Crippen molar-refractivity contribution in [2.24, 2.45) is 0 Å². The highest BCUT2D eigenvalue weighted by molar-refractivity contribution is 8.18. The SMILES string of the molecule is O=C1NC(=O)C(=Cc2cc(C(F)(F)F)cc(C(F)(F)F)c2)S1. The molecule has 2 rings (SSSR count). The minimum Gasteiger partial charge on any atom is -0.282 e. The fourth-order valence-electron chi connectivity index (χ4n) is 1.63. The molecular formula is C12H5F6NO2S. The van der Waals surface area contributed by atoms with Gasteiger partial charge in [0.05, 0.1) is 16.0 Å². The van der Waals surface area contributed by atoms with Crippen LogP contribution in [0.4, 0.5) is 31.1 Å². The number of hydrogen-bond donors (Lipinski definition) is 1. The quantitative estimate of drug-likeness (QED) is 0.619. The molecule has 22 heavy (non-hydrogen) atoms. The molecule has 0 aliphatic carbocycles. The van der Waals surface area contributed by atoms with Crippen molar-refractivity contribution in [3.8, 4) is 0 Å². The first-order valence-corrected chi connectivity index (χ1v) is 6.33. The van der Waals surface area contributed by atoms with E-state index in [4.69, 9.17) is 0 Å². The number of halogens is 6. The molecule has 1 aliphatic rings. The van der Waals surface area contributed by atoms with Crippen molar-refractivity contribution in [3.05, 3.63) is 39.8 Å². The van der Waals surface area contributed by atoms with Crippen LogP contribution in [-0.2, 0) is 17.1 Å². The minimum atomic E-state index is -4.98. The van der Waals surface area contributed by atoms with Gasteiger partial charge in [-0.25, -0.2) is 0 Å². The lowest BCUT2D eigenvalue weighted by Gasteiger charge is -2.13. The molecule has 10 heteroatoms. The van der Waals surface area contributed by atoms with Crippen molar-refractivity contribution in [2.45, 2.75) is 12.4 Å². The van der Waals surface area contributed by atoms with E-state index in [2.05, 4.69) is 0 Å². The fraction of sp³-hybridized carbons (Fsp3) is 0.167. The fourth-order valence-corrected chi connectivity index (χ4v) is 2.32. The van der Waals surface area contributed by atoms with E-state index in [9.17, 15) is 35.9 Å². The van der Waals surface area contributed by atoms with Crippen molar-refractivity contribution >= 4 is 29.0 Å². The van der Waals surface area contributed by atoms with Gasteiger partial charge < -0.3 is 0 Å². The van der Waals surface area contributed by atoms with Crippen molar-refractivity contribution in [1.82, 2.24) is 5.32 Å². The van der Waals surface area contributed by atoms with Gasteiger partial charge in [0.25, 0.3) is 11.1 Å². The lowest BCUT2D eigenvalue weighted by molar-refractivity contribution is -0.143. The smallest absolute Gasteiger partial charge is 0.282 e. The standard InChI is InChI=1S/C12H5F6NO2S/c13-11(14,15)6-1-5(2-7(4-6)12(16,17)18)3-8-9(20)19-10(21)22-8/h1-4H,(H,19,20,21). The normalized spacial score (nSPS) is 18.0. The topological polar surface area (TPSA) is 46.2 Å². The molecule has 3 nitrogen and oxygen atoms in total. The van der Waals surface area contributed by atoms with Crippen LogP contribution in [0.3, 0.4) is 0 Å². The van der Waals surface area contributed by atoms with Gasteiger partial charge in [0.2, 0.25) is 0 Å². The molecule has 0 spiro atoms. The van der Waals surface area contributed by atoms with Gasteiger partial charge in [0.15, 0.2) is 0 Å². The van der Waals surface area contributed by atoms with Crippen LogP contribution in [0.25, 0.3) is 6.08 Å². The molecule has 1 heterocycles. The van der Waals surface area contributed by atoms with E-state index in [1.165, 1.54) is 0 Å². The number of carbonyl (C=O) groups excluding carboxylic acids is 2. The van der Waals surface area contributed by atoms with Gasteiger partial charge in [0, 0.05) is 0 Å². The van der Waals surface area contributed by atoms with E-state index in [1.54, 1.807) is 0 Å². The Hall–Kier alpha value is -1.97. The largest absolute Gasteiger partial charge is 0.416 e. The Bertz CT molecular complexity index is 645. The molecule has 0 unspecified atom stereocenters. The molecule has 0 bridgehead atoms. The highest BCUT2D eigenvalue weighted by atomic mass is 32.2. The predicted molar refractivity (Wildman–Crippen MR) is 65.6 cm³/mol. The average molecular weight is 341 g/mol. The molecule has 1 aromatic carbocycles. The lowest BCUT2D eigenvalue weighted by Crippen LogP contribution is -2.17. The molecular weight excluding hydrogens is 336 g/mol. The summed E-state index contributed by atoms with van der Waals surface area (Å²) in [5.74, 6) is -0.874. The molecule has 2 amide bonds. The number of amides is 2. The van der Waals surface area contributed by atoms with Crippen LogP contribution >= 0.6 is 11.8 Å². The zero-order valence-corrected chi connectivity index (χ0v) is 11.1. The van der Waals surface area contributed by atoms with Gasteiger partial charge in [-0.2, -0.15) is 26.3 Å². The Balaban J connectivity index is 2.54. The monoisotopic (exact) mass is 341 g/mol. The van der Waals surface area contributed by atoms with E-state index in [0.717, 1.165) is 6.08 Å². The molecule has 118 valence electrons. The molecule has 1 aromatic rings. The maximum Gasteiger partial charge on any atom is 0.416 e. The van der Waals surface area contributed by atoms with Crippen LogP contribution in [0.5, 0.6) is 0 Å². The molecule has 1 N–H and O–H groups in total. The summed E-state index contributed by atoms with van der Waals surface area (Å²) in [6.45, 7) is 0. The van der Waals surface area contributed by atoms with Crippen molar-refractivity contribution in [2.75, 3.05) is 0 Å². The van der Waals surface area contributed by atoms with E-state index in [-0.39, 0.29) is 11.0 Å². The molecule has 0 saturated carbocycles. The molecule has 1 saturated heterocycles. The van der Waals surface area contributed by atoms with Gasteiger partial charge in [0.1, 0.15) is 0 Å². The minimum absolute atomic E-state index is 0.0188. The zero-order chi connectivity index (χ0) is 16.7. The number of rotatable bonds is 1. The van der Waals surface area contributed by atoms with Crippen molar-refractivity contribution < 1.29 is 35.9 Å². The third-order valence-corrected chi connectivity index (χ3v) is 3.36. The summed E-state index contributed by atoms with van der Waals surface area (Å²) in [5.41, 5.74) is -3.47. The lowest BCUT2D eigenvalue weighted by atomic mass is 10.0. The van der Waals surface area contributed by atoms with Crippen LogP contribution in [0.2, 0.25) is 0 Å². The second-order valence-electron chi connectivity index (χ2n) is 4.19. The van der Waals surface area contributed by atoms with Crippen LogP contribution < -0.4 is 5.32 Å². The van der Waals surface area contributed by atoms with Gasteiger partial charge in [-0.1, -0.05) is 0 Å². The summed E-state index contributed by atoms with van der Waals surface area (Å²) in [7, 11) is 0. The Morgan fingerprint density at radius 1 is 0.909 bits per heavy atom. The third-order valence-electron chi connectivity index (χ3n) is 2.55. The maximum atomic E-state index is 12.7. The van der Waals surface area contributed by atoms with Crippen molar-refractivity contribution in [1.29, 1.82) is 0 Å². The number of alkyl halides is 6. The number of carbonyl (C=O) groups is 2. The van der Waals surface area contributed by atoms with Crippen molar-refractivity contribution in [3.63, 3.8) is 0 Å². The molecule has 1 fully saturated rings. The highest BCUT2D eigenvalue weighted by Crippen LogP contribution is 2.37. The predicted octanol–water partition coefficient (Wildman–Crippen LogP) is 4.05. The molecule has 0 atom stereocenters. The molecule has 0 aromatic heterocycles. The number of benzene rings is 1. The first-order valence-electron chi connectivity index (χ1n) is 5.51. The summed E-state index contributed by atoms with van der Waals surface area (Å²) >= 11 is 0.394. The number of hydrogen-bond acceptors (Lipinski definition) is 3. The van der Waals surface area contributed by atoms with Crippen LogP contribution in [-0.4, -0.2) is 11.1 Å². The van der Waals surface area contributed by atoms with Crippen LogP contribution in [0, 0.1) is 0 Å². The summed E-state index contributed by atoms with van der Waals surface area (Å²) in [4.78, 5) is 21.9. The Kier molecular flexibility index (Phi) is 3.98. The second kappa shape index (κ2) is 5.34. The zero-order valence-electron chi connectivity index (χ0n) is 10.3. The first-order chi connectivity index (χ1) is 9.96. The summed E-state index contributed by atoms with van der Waals surface area (Å²) < 4.78 is 76.0. The van der Waals surface area contributed by atoms with Gasteiger partial charge in [-0.05, 0) is 41.6 Å². The Labute approximate surface area is 123 Å². The number of thioether (sulfide) groups is 1. The highest BCUT2D eigenvalue weighted by Gasteiger charge is 2.37. The number of imide groups is 1. The molecule has 1 aliphatic heterocycles. The van der Waals surface area contributed by atoms with E-state index >= 15 is 0 Å². The Morgan fingerprint density at radius 3 is 1.77 bits per heavy atom. The van der Waals surface area contributed by atoms with Crippen LogP contribution in [0.1, 0.15) is 16.7 Å². The second-order valence-corrected chi connectivity index (χ2v) is 5.21. The van der Waals surface area contributed by atoms with Gasteiger partial charge in [-0.15, -0.1) is 0 Å². The maximum absolute atomic E-state index is 12.7. The summed E-state index contributed by atoms with van der Waals surface area (Å²) in [6.07, 6.45) is -9.15. The number of nitrogens with one attached hydrogen (secondary N) is 1. The Morgan fingerprint density at radius 2 is 1.41 bits per heavy atom. The van der Waals surface area contributed by atoms with Gasteiger partial charge >= 0.3 is 12.4 Å². The first kappa shape index (κ1) is 16.4. The van der Waals surface area contributed by atoms with E-state index in [0.29, 0.717) is 23.9 Å². The summed E-state index contributed by atoms with van der Waals surface area (Å²) in [6, 6.07) is 0.923. The van der Waals surface area contributed by atoms with Crippen LogP contribution in [0.15, 0.2) is 23.1 Å². The average Bonchev–Trinajstić information content (AvgIpc) is 2.65. The van der Waals surface area contributed by atoms with Gasteiger partial charge in [-0.3, -0.25) is 14.9 Å². The third kappa shape index (κ3) is 3.62. The van der Waals surface area contributed by atoms with E-state index < -0.39 is 40.2 Å². The summed E-state index contributed by atoms with van der Waals surface area (Å²) in [5, 5.41) is 1.10. The van der Waals surface area contributed by atoms with E-state index in [1.807, 2.05) is 5.32 Å².